The Labute approximate surface area is 118 Å². The molecule has 1 aromatic carbocycles. The van der Waals surface area contributed by atoms with E-state index in [0.29, 0.717) is 23.2 Å². The van der Waals surface area contributed by atoms with Gasteiger partial charge in [0.1, 0.15) is 5.69 Å². The Balaban J connectivity index is 2.20. The first-order chi connectivity index (χ1) is 8.99. The van der Waals surface area contributed by atoms with Crippen LogP contribution < -0.4 is 5.32 Å². The SMILES string of the molecule is Cc1c(C(=O)NCCC(C)C)[nH]c2ccc(Cl)cc12. The van der Waals surface area contributed by atoms with E-state index >= 15 is 0 Å². The molecule has 1 aromatic heterocycles. The summed E-state index contributed by atoms with van der Waals surface area (Å²) >= 11 is 5.98. The van der Waals surface area contributed by atoms with Gasteiger partial charge in [0.15, 0.2) is 0 Å². The van der Waals surface area contributed by atoms with Crippen LogP contribution in [0.1, 0.15) is 36.3 Å². The highest BCUT2D eigenvalue weighted by Crippen LogP contribution is 2.24. The van der Waals surface area contributed by atoms with E-state index < -0.39 is 0 Å². The van der Waals surface area contributed by atoms with Crippen molar-refractivity contribution in [3.63, 3.8) is 0 Å². The Morgan fingerprint density at radius 1 is 1.42 bits per heavy atom. The Kier molecular flexibility index (Phi) is 4.15. The molecule has 0 aliphatic carbocycles. The van der Waals surface area contributed by atoms with Crippen LogP contribution in [0.3, 0.4) is 0 Å². The number of aryl methyl sites for hydroxylation is 1. The number of carbonyl (C=O) groups is 1. The van der Waals surface area contributed by atoms with Gasteiger partial charge < -0.3 is 10.3 Å². The fraction of sp³-hybridized carbons (Fsp3) is 0.400. The maximum atomic E-state index is 12.1. The van der Waals surface area contributed by atoms with Crippen LogP contribution in [0.15, 0.2) is 18.2 Å². The minimum Gasteiger partial charge on any atom is -0.351 e. The number of amides is 1. The Bertz CT molecular complexity index is 601. The molecule has 0 saturated heterocycles. The van der Waals surface area contributed by atoms with Gasteiger partial charge in [-0.1, -0.05) is 25.4 Å². The molecule has 4 heteroatoms. The Hall–Kier alpha value is -1.48. The molecule has 2 aromatic rings. The molecule has 0 saturated carbocycles. The highest BCUT2D eigenvalue weighted by atomic mass is 35.5. The molecular formula is C15H19ClN2O. The van der Waals surface area contributed by atoms with Crippen molar-refractivity contribution >= 4 is 28.4 Å². The van der Waals surface area contributed by atoms with Gasteiger partial charge in [-0.3, -0.25) is 4.79 Å². The fourth-order valence-electron chi connectivity index (χ4n) is 2.09. The zero-order valence-corrected chi connectivity index (χ0v) is 12.3. The first-order valence-electron chi connectivity index (χ1n) is 6.55. The lowest BCUT2D eigenvalue weighted by molar-refractivity contribution is 0.0947. The first-order valence-corrected chi connectivity index (χ1v) is 6.93. The van der Waals surface area contributed by atoms with Gasteiger partial charge >= 0.3 is 0 Å². The first kappa shape index (κ1) is 13.9. The lowest BCUT2D eigenvalue weighted by atomic mass is 10.1. The van der Waals surface area contributed by atoms with Gasteiger partial charge in [0, 0.05) is 22.5 Å². The maximum absolute atomic E-state index is 12.1. The number of rotatable bonds is 4. The van der Waals surface area contributed by atoms with Crippen molar-refractivity contribution in [1.82, 2.24) is 10.3 Å². The van der Waals surface area contributed by atoms with Crippen molar-refractivity contribution in [3.05, 3.63) is 34.5 Å². The van der Waals surface area contributed by atoms with Gasteiger partial charge in [0.2, 0.25) is 0 Å². The minimum atomic E-state index is -0.0505. The van der Waals surface area contributed by atoms with Crippen LogP contribution in [0.5, 0.6) is 0 Å². The van der Waals surface area contributed by atoms with Crippen molar-refractivity contribution < 1.29 is 4.79 Å². The minimum absolute atomic E-state index is 0.0505. The second-order valence-electron chi connectivity index (χ2n) is 5.25. The van der Waals surface area contributed by atoms with E-state index in [1.807, 2.05) is 25.1 Å². The summed E-state index contributed by atoms with van der Waals surface area (Å²) in [5.74, 6) is 0.536. The molecule has 0 fully saturated rings. The summed E-state index contributed by atoms with van der Waals surface area (Å²) in [6.45, 7) is 6.92. The molecule has 0 atom stereocenters. The number of halogens is 1. The number of aromatic amines is 1. The summed E-state index contributed by atoms with van der Waals surface area (Å²) in [5.41, 5.74) is 2.51. The highest BCUT2D eigenvalue weighted by molar-refractivity contribution is 6.31. The molecule has 2 N–H and O–H groups in total. The van der Waals surface area contributed by atoms with Crippen LogP contribution in [0.4, 0.5) is 0 Å². The molecule has 102 valence electrons. The van der Waals surface area contributed by atoms with E-state index in [0.717, 1.165) is 22.9 Å². The number of benzene rings is 1. The fourth-order valence-corrected chi connectivity index (χ4v) is 2.26. The summed E-state index contributed by atoms with van der Waals surface area (Å²) in [5, 5.41) is 4.63. The lowest BCUT2D eigenvalue weighted by Gasteiger charge is -2.06. The summed E-state index contributed by atoms with van der Waals surface area (Å²) in [6.07, 6.45) is 0.983. The van der Waals surface area contributed by atoms with E-state index in [-0.39, 0.29) is 5.91 Å². The predicted octanol–water partition coefficient (Wildman–Crippen LogP) is 3.91. The van der Waals surface area contributed by atoms with E-state index in [2.05, 4.69) is 24.1 Å². The van der Waals surface area contributed by atoms with Crippen molar-refractivity contribution in [3.8, 4) is 0 Å². The van der Waals surface area contributed by atoms with Crippen molar-refractivity contribution in [1.29, 1.82) is 0 Å². The number of hydrogen-bond donors (Lipinski definition) is 2. The monoisotopic (exact) mass is 278 g/mol. The molecule has 0 spiro atoms. The average molecular weight is 279 g/mol. The summed E-state index contributed by atoms with van der Waals surface area (Å²) < 4.78 is 0. The highest BCUT2D eigenvalue weighted by Gasteiger charge is 2.14. The zero-order valence-electron chi connectivity index (χ0n) is 11.5. The summed E-state index contributed by atoms with van der Waals surface area (Å²) in [4.78, 5) is 15.3. The summed E-state index contributed by atoms with van der Waals surface area (Å²) in [6, 6.07) is 5.60. The molecule has 0 aliphatic heterocycles. The topological polar surface area (TPSA) is 44.9 Å². The van der Waals surface area contributed by atoms with Crippen LogP contribution >= 0.6 is 11.6 Å². The zero-order chi connectivity index (χ0) is 14.0. The molecule has 0 unspecified atom stereocenters. The van der Waals surface area contributed by atoms with Crippen molar-refractivity contribution in [2.45, 2.75) is 27.2 Å². The average Bonchev–Trinajstić information content (AvgIpc) is 2.66. The van der Waals surface area contributed by atoms with Gasteiger partial charge in [-0.05, 0) is 43.0 Å². The molecule has 1 heterocycles. The lowest BCUT2D eigenvalue weighted by Crippen LogP contribution is -2.26. The van der Waals surface area contributed by atoms with Gasteiger partial charge in [0.05, 0.1) is 0 Å². The molecule has 0 radical (unpaired) electrons. The second kappa shape index (κ2) is 5.66. The van der Waals surface area contributed by atoms with Gasteiger partial charge in [-0.25, -0.2) is 0 Å². The third-order valence-electron chi connectivity index (χ3n) is 3.25. The number of nitrogens with one attached hydrogen (secondary N) is 2. The Morgan fingerprint density at radius 3 is 2.84 bits per heavy atom. The quantitative estimate of drug-likeness (QED) is 0.875. The van der Waals surface area contributed by atoms with Crippen molar-refractivity contribution in [2.75, 3.05) is 6.54 Å². The number of fused-ring (bicyclic) bond motifs is 1. The second-order valence-corrected chi connectivity index (χ2v) is 5.69. The molecule has 2 rings (SSSR count). The third-order valence-corrected chi connectivity index (χ3v) is 3.49. The molecule has 0 aliphatic rings. The number of hydrogen-bond acceptors (Lipinski definition) is 1. The smallest absolute Gasteiger partial charge is 0.268 e. The molecule has 1 amide bonds. The molecular weight excluding hydrogens is 260 g/mol. The van der Waals surface area contributed by atoms with E-state index in [4.69, 9.17) is 11.6 Å². The maximum Gasteiger partial charge on any atom is 0.268 e. The molecule has 3 nitrogen and oxygen atoms in total. The molecule has 19 heavy (non-hydrogen) atoms. The van der Waals surface area contributed by atoms with Crippen LogP contribution in [-0.2, 0) is 0 Å². The van der Waals surface area contributed by atoms with Gasteiger partial charge in [-0.15, -0.1) is 0 Å². The normalized spacial score (nSPS) is 11.2. The van der Waals surface area contributed by atoms with Crippen LogP contribution in [-0.4, -0.2) is 17.4 Å². The summed E-state index contributed by atoms with van der Waals surface area (Å²) in [7, 11) is 0. The number of H-pyrrole nitrogens is 1. The standard InChI is InChI=1S/C15H19ClN2O/c1-9(2)6-7-17-15(19)14-10(3)12-8-11(16)4-5-13(12)18-14/h4-5,8-9,18H,6-7H2,1-3H3,(H,17,19). The van der Waals surface area contributed by atoms with E-state index in [1.54, 1.807) is 0 Å². The van der Waals surface area contributed by atoms with E-state index in [9.17, 15) is 4.79 Å². The van der Waals surface area contributed by atoms with Crippen LogP contribution in [0.25, 0.3) is 10.9 Å². The predicted molar refractivity (Wildman–Crippen MR) is 79.8 cm³/mol. The van der Waals surface area contributed by atoms with Crippen LogP contribution in [0, 0.1) is 12.8 Å². The van der Waals surface area contributed by atoms with Gasteiger partial charge in [0.25, 0.3) is 5.91 Å². The van der Waals surface area contributed by atoms with Crippen LogP contribution in [0.2, 0.25) is 5.02 Å². The Morgan fingerprint density at radius 2 is 2.16 bits per heavy atom. The largest absolute Gasteiger partial charge is 0.351 e. The number of carbonyl (C=O) groups excluding carboxylic acids is 1. The van der Waals surface area contributed by atoms with E-state index in [1.165, 1.54) is 0 Å². The molecule has 0 bridgehead atoms. The number of aromatic nitrogens is 1. The van der Waals surface area contributed by atoms with Gasteiger partial charge in [-0.2, -0.15) is 0 Å². The third kappa shape index (κ3) is 3.10. The van der Waals surface area contributed by atoms with Crippen molar-refractivity contribution in [2.24, 2.45) is 5.92 Å².